The van der Waals surface area contributed by atoms with Crippen molar-refractivity contribution in [2.45, 2.75) is 19.4 Å². The molecule has 3 N–H and O–H groups in total. The molecule has 0 radical (unpaired) electrons. The van der Waals surface area contributed by atoms with Crippen LogP contribution in [0.15, 0.2) is 12.1 Å². The number of carbonyl (C=O) groups excluding carboxylic acids is 1. The third kappa shape index (κ3) is 5.64. The van der Waals surface area contributed by atoms with Crippen molar-refractivity contribution < 1.29 is 14.3 Å². The molecule has 1 fully saturated rings. The predicted molar refractivity (Wildman–Crippen MR) is 102 cm³/mol. The highest BCUT2D eigenvalue weighted by atomic mass is 35.5. The first-order chi connectivity index (χ1) is 11.6. The Hall–Kier alpha value is -1.21. The Kier molecular flexibility index (Phi) is 9.35. The molecular weight excluding hydrogens is 365 g/mol. The number of carbonyl (C=O) groups is 1. The maximum atomic E-state index is 12.1. The van der Waals surface area contributed by atoms with E-state index in [4.69, 9.17) is 26.8 Å². The number of halogens is 2. The number of hydrogen-bond donors (Lipinski definition) is 2. The minimum Gasteiger partial charge on any atom is -0.493 e. The third-order valence-corrected chi connectivity index (χ3v) is 4.69. The SMILES string of the molecule is COc1ccc(CN2CCCC(C(=O)NCCN)C2)c(Cl)c1OC.Cl. The molecule has 1 amide bonds. The second-order valence-corrected chi connectivity index (χ2v) is 6.31. The van der Waals surface area contributed by atoms with Crippen molar-refractivity contribution in [3.8, 4) is 11.5 Å². The van der Waals surface area contributed by atoms with E-state index in [0.29, 0.717) is 36.2 Å². The molecule has 6 nitrogen and oxygen atoms in total. The Bertz CT molecular complexity index is 572. The number of ether oxygens (including phenoxy) is 2. The molecule has 1 aliphatic rings. The van der Waals surface area contributed by atoms with Crippen LogP contribution in [0.4, 0.5) is 0 Å². The predicted octanol–water partition coefficient (Wildman–Crippen LogP) is 2.07. The molecule has 0 bridgehead atoms. The lowest BCUT2D eigenvalue weighted by Crippen LogP contribution is -2.43. The van der Waals surface area contributed by atoms with Gasteiger partial charge in [0.05, 0.1) is 25.2 Å². The summed E-state index contributed by atoms with van der Waals surface area (Å²) in [7, 11) is 3.16. The number of piperidine rings is 1. The van der Waals surface area contributed by atoms with Gasteiger partial charge in [0, 0.05) is 26.2 Å². The summed E-state index contributed by atoms with van der Waals surface area (Å²) in [6, 6.07) is 3.80. The fraction of sp³-hybridized carbons (Fsp3) is 0.588. The van der Waals surface area contributed by atoms with Gasteiger partial charge < -0.3 is 20.5 Å². The van der Waals surface area contributed by atoms with Gasteiger partial charge in [0.1, 0.15) is 0 Å². The van der Waals surface area contributed by atoms with Crippen LogP contribution in [0.5, 0.6) is 11.5 Å². The first-order valence-electron chi connectivity index (χ1n) is 8.20. The number of amides is 1. The molecule has 1 heterocycles. The molecule has 0 saturated carbocycles. The van der Waals surface area contributed by atoms with E-state index in [1.807, 2.05) is 12.1 Å². The lowest BCUT2D eigenvalue weighted by molar-refractivity contribution is -0.126. The summed E-state index contributed by atoms with van der Waals surface area (Å²) in [4.78, 5) is 14.4. The Labute approximate surface area is 160 Å². The van der Waals surface area contributed by atoms with Gasteiger partial charge in [-0.15, -0.1) is 12.4 Å². The van der Waals surface area contributed by atoms with Crippen LogP contribution in [0, 0.1) is 5.92 Å². The van der Waals surface area contributed by atoms with Gasteiger partial charge in [0.2, 0.25) is 5.91 Å². The van der Waals surface area contributed by atoms with E-state index >= 15 is 0 Å². The molecule has 1 atom stereocenters. The first kappa shape index (κ1) is 21.8. The summed E-state index contributed by atoms with van der Waals surface area (Å²) in [6.45, 7) is 3.34. The zero-order valence-corrected chi connectivity index (χ0v) is 16.3. The highest BCUT2D eigenvalue weighted by molar-refractivity contribution is 6.33. The van der Waals surface area contributed by atoms with Gasteiger partial charge in [-0.05, 0) is 31.0 Å². The highest BCUT2D eigenvalue weighted by Crippen LogP contribution is 2.38. The molecule has 0 aromatic heterocycles. The van der Waals surface area contributed by atoms with Gasteiger partial charge in [-0.2, -0.15) is 0 Å². The fourth-order valence-electron chi connectivity index (χ4n) is 3.05. The van der Waals surface area contributed by atoms with Crippen molar-refractivity contribution in [3.63, 3.8) is 0 Å². The molecule has 2 rings (SSSR count). The number of methoxy groups -OCH3 is 2. The number of likely N-dealkylation sites (tertiary alicyclic amines) is 1. The van der Waals surface area contributed by atoms with Gasteiger partial charge >= 0.3 is 0 Å². The second-order valence-electron chi connectivity index (χ2n) is 5.93. The summed E-state index contributed by atoms with van der Waals surface area (Å²) in [5.74, 6) is 1.25. The van der Waals surface area contributed by atoms with E-state index in [2.05, 4.69) is 10.2 Å². The van der Waals surface area contributed by atoms with Gasteiger partial charge in [-0.1, -0.05) is 17.7 Å². The van der Waals surface area contributed by atoms with Crippen LogP contribution < -0.4 is 20.5 Å². The third-order valence-electron chi connectivity index (χ3n) is 4.28. The molecule has 8 heteroatoms. The summed E-state index contributed by atoms with van der Waals surface area (Å²) >= 11 is 6.45. The van der Waals surface area contributed by atoms with Gasteiger partial charge in [-0.25, -0.2) is 0 Å². The molecule has 1 saturated heterocycles. The van der Waals surface area contributed by atoms with Crippen molar-refractivity contribution in [1.29, 1.82) is 0 Å². The van der Waals surface area contributed by atoms with E-state index < -0.39 is 0 Å². The molecule has 1 aromatic rings. The highest BCUT2D eigenvalue weighted by Gasteiger charge is 2.26. The van der Waals surface area contributed by atoms with Crippen LogP contribution >= 0.6 is 24.0 Å². The zero-order valence-electron chi connectivity index (χ0n) is 14.7. The summed E-state index contributed by atoms with van der Waals surface area (Å²) < 4.78 is 10.6. The summed E-state index contributed by atoms with van der Waals surface area (Å²) in [5, 5.41) is 3.44. The molecule has 142 valence electrons. The van der Waals surface area contributed by atoms with E-state index in [1.54, 1.807) is 14.2 Å². The van der Waals surface area contributed by atoms with Crippen molar-refractivity contribution in [2.24, 2.45) is 11.7 Å². The molecule has 1 unspecified atom stereocenters. The largest absolute Gasteiger partial charge is 0.493 e. The topological polar surface area (TPSA) is 76.8 Å². The second kappa shape index (κ2) is 10.7. The van der Waals surface area contributed by atoms with E-state index in [9.17, 15) is 4.79 Å². The lowest BCUT2D eigenvalue weighted by atomic mass is 9.96. The molecule has 0 spiro atoms. The number of nitrogens with two attached hydrogens (primary N) is 1. The van der Waals surface area contributed by atoms with E-state index in [0.717, 1.165) is 31.5 Å². The average molecular weight is 392 g/mol. The molecule has 25 heavy (non-hydrogen) atoms. The number of nitrogens with one attached hydrogen (secondary N) is 1. The first-order valence-corrected chi connectivity index (χ1v) is 8.58. The molecule has 1 aliphatic heterocycles. The number of nitrogens with zero attached hydrogens (tertiary/aromatic N) is 1. The number of rotatable bonds is 7. The minimum atomic E-state index is 0. The van der Waals surface area contributed by atoms with Crippen molar-refractivity contribution in [1.82, 2.24) is 10.2 Å². The van der Waals surface area contributed by atoms with Gasteiger partial charge in [-0.3, -0.25) is 9.69 Å². The lowest BCUT2D eigenvalue weighted by Gasteiger charge is -2.32. The van der Waals surface area contributed by atoms with Crippen molar-refractivity contribution in [2.75, 3.05) is 40.4 Å². The molecule has 0 aliphatic carbocycles. The Morgan fingerprint density at radius 1 is 1.40 bits per heavy atom. The van der Waals surface area contributed by atoms with E-state index in [-0.39, 0.29) is 24.2 Å². The zero-order chi connectivity index (χ0) is 17.5. The average Bonchev–Trinajstić information content (AvgIpc) is 2.61. The van der Waals surface area contributed by atoms with Crippen LogP contribution in [-0.4, -0.2) is 51.2 Å². The number of benzene rings is 1. The Morgan fingerprint density at radius 2 is 2.16 bits per heavy atom. The van der Waals surface area contributed by atoms with Gasteiger partial charge in [0.25, 0.3) is 0 Å². The van der Waals surface area contributed by atoms with Crippen LogP contribution in [0.3, 0.4) is 0 Å². The number of hydrogen-bond acceptors (Lipinski definition) is 5. The van der Waals surface area contributed by atoms with Crippen LogP contribution in [0.25, 0.3) is 0 Å². The standard InChI is InChI=1S/C17H26ClN3O3.ClH/c1-23-14-6-5-12(15(18)16(14)24-2)10-21-9-3-4-13(11-21)17(22)20-8-7-19;/h5-6,13H,3-4,7-11,19H2,1-2H3,(H,20,22);1H. The maximum Gasteiger partial charge on any atom is 0.224 e. The monoisotopic (exact) mass is 391 g/mol. The quantitative estimate of drug-likeness (QED) is 0.743. The van der Waals surface area contributed by atoms with Crippen LogP contribution in [0.2, 0.25) is 5.02 Å². The minimum absolute atomic E-state index is 0. The molecular formula is C17H27Cl2N3O3. The maximum absolute atomic E-state index is 12.1. The molecule has 1 aromatic carbocycles. The summed E-state index contributed by atoms with van der Waals surface area (Å²) in [6.07, 6.45) is 1.90. The van der Waals surface area contributed by atoms with Crippen molar-refractivity contribution in [3.05, 3.63) is 22.7 Å². The fourth-order valence-corrected chi connectivity index (χ4v) is 3.34. The normalized spacial score (nSPS) is 17.5. The van der Waals surface area contributed by atoms with Gasteiger partial charge in [0.15, 0.2) is 11.5 Å². The summed E-state index contributed by atoms with van der Waals surface area (Å²) in [5.41, 5.74) is 6.41. The van der Waals surface area contributed by atoms with E-state index in [1.165, 1.54) is 0 Å². The van der Waals surface area contributed by atoms with Crippen molar-refractivity contribution >= 4 is 29.9 Å². The Balaban J connectivity index is 0.00000312. The smallest absolute Gasteiger partial charge is 0.224 e. The Morgan fingerprint density at radius 3 is 2.80 bits per heavy atom. The van der Waals surface area contributed by atoms with Crippen LogP contribution in [0.1, 0.15) is 18.4 Å². The van der Waals surface area contributed by atoms with Crippen LogP contribution in [-0.2, 0) is 11.3 Å².